The molecule has 0 aliphatic heterocycles. The molecular weight excluding hydrogens is 687 g/mol. The highest BCUT2D eigenvalue weighted by molar-refractivity contribution is 6.21. The Bertz CT molecular complexity index is 3170. The third-order valence-corrected chi connectivity index (χ3v) is 10.5. The minimum Gasteiger partial charge on any atom is -0.454 e. The van der Waals surface area contributed by atoms with Crippen LogP contribution in [0.3, 0.4) is 0 Å². The summed E-state index contributed by atoms with van der Waals surface area (Å²) in [5, 5.41) is 4.43. The summed E-state index contributed by atoms with van der Waals surface area (Å²) < 4.78 is 9.24. The van der Waals surface area contributed by atoms with Gasteiger partial charge in [0.25, 0.3) is 0 Å². The Morgan fingerprint density at radius 3 is 1.68 bits per heavy atom. The molecule has 0 fully saturated rings. The maximum absolute atomic E-state index is 6.92. The molecule has 0 saturated carbocycles. The second-order valence-electron chi connectivity index (χ2n) is 13.9. The predicted molar refractivity (Wildman–Crippen MR) is 226 cm³/mol. The van der Waals surface area contributed by atoms with E-state index >= 15 is 0 Å². The molecule has 0 saturated heterocycles. The number of para-hydroxylation sites is 2. The Morgan fingerprint density at radius 2 is 0.982 bits per heavy atom. The third-order valence-electron chi connectivity index (χ3n) is 10.5. The van der Waals surface area contributed by atoms with Crippen LogP contribution >= 0.6 is 0 Å². The van der Waals surface area contributed by atoms with Gasteiger partial charge in [-0.25, -0.2) is 15.0 Å². The molecular formula is C50H31N5O. The third kappa shape index (κ3) is 5.27. The number of aromatic nitrogens is 5. The molecule has 262 valence electrons. The maximum Gasteiger partial charge on any atom is 0.166 e. The Hall–Kier alpha value is -7.70. The van der Waals surface area contributed by atoms with Crippen LogP contribution in [0.1, 0.15) is 0 Å². The summed E-state index contributed by atoms with van der Waals surface area (Å²) in [6.07, 6.45) is 1.93. The highest BCUT2D eigenvalue weighted by Crippen LogP contribution is 2.42. The van der Waals surface area contributed by atoms with E-state index in [1.54, 1.807) is 0 Å². The predicted octanol–water partition coefficient (Wildman–Crippen LogP) is 12.6. The van der Waals surface area contributed by atoms with Crippen molar-refractivity contribution in [3.63, 3.8) is 0 Å². The summed E-state index contributed by atoms with van der Waals surface area (Å²) in [6.45, 7) is 0. The fourth-order valence-corrected chi connectivity index (χ4v) is 7.86. The van der Waals surface area contributed by atoms with Gasteiger partial charge in [0.05, 0.1) is 16.7 Å². The van der Waals surface area contributed by atoms with Crippen LogP contribution in [0.25, 0.3) is 106 Å². The zero-order valence-corrected chi connectivity index (χ0v) is 30.0. The smallest absolute Gasteiger partial charge is 0.166 e. The van der Waals surface area contributed by atoms with Gasteiger partial charge in [-0.1, -0.05) is 140 Å². The Morgan fingerprint density at radius 1 is 0.411 bits per heavy atom. The molecule has 6 nitrogen and oxygen atoms in total. The van der Waals surface area contributed by atoms with Crippen molar-refractivity contribution in [2.45, 2.75) is 0 Å². The van der Waals surface area contributed by atoms with Gasteiger partial charge >= 0.3 is 0 Å². The average molecular weight is 718 g/mol. The molecule has 0 aliphatic rings. The SMILES string of the molecule is c1ccc(-c2cnc(-c3ccc4c(c3)oc3c4ccc4c5ccccc5n(-c5ccccc5)c43)c(-c3nc(-c4ccccc4)nc(-c4ccccc4)n3)c2)cc1. The minimum atomic E-state index is 0.539. The van der Waals surface area contributed by atoms with Crippen LogP contribution in [0.2, 0.25) is 0 Å². The van der Waals surface area contributed by atoms with E-state index in [-0.39, 0.29) is 0 Å². The first-order chi connectivity index (χ1) is 27.8. The van der Waals surface area contributed by atoms with Crippen molar-refractivity contribution in [2.75, 3.05) is 0 Å². The highest BCUT2D eigenvalue weighted by atomic mass is 16.3. The molecule has 11 aromatic rings. The Balaban J connectivity index is 1.15. The lowest BCUT2D eigenvalue weighted by atomic mass is 9.99. The number of hydrogen-bond acceptors (Lipinski definition) is 5. The van der Waals surface area contributed by atoms with Crippen molar-refractivity contribution in [2.24, 2.45) is 0 Å². The fourth-order valence-electron chi connectivity index (χ4n) is 7.86. The van der Waals surface area contributed by atoms with E-state index in [0.29, 0.717) is 17.5 Å². The van der Waals surface area contributed by atoms with Gasteiger partial charge in [-0.2, -0.15) is 0 Å². The molecule has 0 N–H and O–H groups in total. The van der Waals surface area contributed by atoms with E-state index in [2.05, 4.69) is 102 Å². The van der Waals surface area contributed by atoms with E-state index in [0.717, 1.165) is 83.1 Å². The van der Waals surface area contributed by atoms with Crippen molar-refractivity contribution >= 4 is 43.7 Å². The van der Waals surface area contributed by atoms with Crippen LogP contribution in [0.15, 0.2) is 193 Å². The second-order valence-corrected chi connectivity index (χ2v) is 13.9. The lowest BCUT2D eigenvalue weighted by Gasteiger charge is -2.13. The molecule has 6 heteroatoms. The number of rotatable bonds is 6. The Labute approximate surface area is 322 Å². The van der Waals surface area contributed by atoms with Gasteiger partial charge < -0.3 is 8.98 Å². The van der Waals surface area contributed by atoms with Gasteiger partial charge in [0, 0.05) is 61.2 Å². The molecule has 56 heavy (non-hydrogen) atoms. The number of hydrogen-bond donors (Lipinski definition) is 0. The number of benzene rings is 7. The molecule has 4 aromatic heterocycles. The topological polar surface area (TPSA) is 69.6 Å². The van der Waals surface area contributed by atoms with Crippen molar-refractivity contribution in [3.05, 3.63) is 188 Å². The van der Waals surface area contributed by atoms with E-state index in [4.69, 9.17) is 24.4 Å². The zero-order valence-electron chi connectivity index (χ0n) is 30.0. The molecule has 11 rings (SSSR count). The molecule has 4 heterocycles. The maximum atomic E-state index is 6.92. The highest BCUT2D eigenvalue weighted by Gasteiger charge is 2.22. The second kappa shape index (κ2) is 13.0. The van der Waals surface area contributed by atoms with Crippen molar-refractivity contribution in [1.82, 2.24) is 24.5 Å². The zero-order chi connectivity index (χ0) is 37.0. The Kier molecular flexibility index (Phi) is 7.38. The first-order valence-electron chi connectivity index (χ1n) is 18.6. The summed E-state index contributed by atoms with van der Waals surface area (Å²) in [6, 6.07) is 62.3. The lowest BCUT2D eigenvalue weighted by Crippen LogP contribution is -2.02. The summed E-state index contributed by atoms with van der Waals surface area (Å²) >= 11 is 0. The van der Waals surface area contributed by atoms with Crippen LogP contribution in [0.4, 0.5) is 0 Å². The summed E-state index contributed by atoms with van der Waals surface area (Å²) in [5.41, 5.74) is 11.2. The van der Waals surface area contributed by atoms with Gasteiger partial charge in [0.1, 0.15) is 5.58 Å². The van der Waals surface area contributed by atoms with Gasteiger partial charge in [-0.05, 0) is 48.0 Å². The van der Waals surface area contributed by atoms with E-state index in [1.165, 1.54) is 5.39 Å². The molecule has 0 bridgehead atoms. The van der Waals surface area contributed by atoms with Gasteiger partial charge in [-0.3, -0.25) is 4.98 Å². The first-order valence-corrected chi connectivity index (χ1v) is 18.6. The van der Waals surface area contributed by atoms with Crippen LogP contribution in [0.5, 0.6) is 0 Å². The molecule has 0 unspecified atom stereocenters. The fraction of sp³-hybridized carbons (Fsp3) is 0. The van der Waals surface area contributed by atoms with E-state index < -0.39 is 0 Å². The normalized spacial score (nSPS) is 11.6. The average Bonchev–Trinajstić information content (AvgIpc) is 3.83. The van der Waals surface area contributed by atoms with Crippen LogP contribution in [-0.4, -0.2) is 24.5 Å². The van der Waals surface area contributed by atoms with Crippen LogP contribution in [0, 0.1) is 0 Å². The van der Waals surface area contributed by atoms with Gasteiger partial charge in [-0.15, -0.1) is 0 Å². The minimum absolute atomic E-state index is 0.539. The molecule has 0 radical (unpaired) electrons. The standard InChI is InChI=1S/C50H31N5O/c1-5-15-32(16-6-1)36-29-42(50-53-48(33-17-7-2-8-18-33)52-49(54-50)34-19-9-3-10-20-34)45(51-31-36)35-25-26-39-41-28-27-40-38-23-13-14-24-43(38)55(37-21-11-4-12-22-37)46(40)47(41)56-44(39)30-35/h1-31H. The number of nitrogens with zero attached hydrogens (tertiary/aromatic N) is 5. The molecule has 0 aliphatic carbocycles. The summed E-state index contributed by atoms with van der Waals surface area (Å²) in [7, 11) is 0. The molecule has 0 spiro atoms. The monoisotopic (exact) mass is 717 g/mol. The van der Waals surface area contributed by atoms with Crippen LogP contribution in [-0.2, 0) is 0 Å². The molecule has 7 aromatic carbocycles. The van der Waals surface area contributed by atoms with Crippen molar-refractivity contribution in [1.29, 1.82) is 0 Å². The quantitative estimate of drug-likeness (QED) is 0.171. The lowest BCUT2D eigenvalue weighted by molar-refractivity contribution is 0.671. The molecule has 0 atom stereocenters. The number of fused-ring (bicyclic) bond motifs is 7. The largest absolute Gasteiger partial charge is 0.454 e. The van der Waals surface area contributed by atoms with E-state index in [9.17, 15) is 0 Å². The van der Waals surface area contributed by atoms with Crippen molar-refractivity contribution < 1.29 is 4.42 Å². The van der Waals surface area contributed by atoms with Crippen LogP contribution < -0.4 is 0 Å². The summed E-state index contributed by atoms with van der Waals surface area (Å²) in [5.74, 6) is 1.73. The van der Waals surface area contributed by atoms with Crippen molar-refractivity contribution in [3.8, 4) is 62.2 Å². The first kappa shape index (κ1) is 31.8. The van der Waals surface area contributed by atoms with E-state index in [1.807, 2.05) is 91.1 Å². The van der Waals surface area contributed by atoms with Gasteiger partial charge in [0.15, 0.2) is 23.1 Å². The number of pyridine rings is 1. The van der Waals surface area contributed by atoms with Gasteiger partial charge in [0.2, 0.25) is 0 Å². The summed E-state index contributed by atoms with van der Waals surface area (Å²) in [4.78, 5) is 20.4. The number of furan rings is 1. The molecule has 0 amide bonds.